The van der Waals surface area contributed by atoms with Crippen LogP contribution in [0.25, 0.3) is 0 Å². The molecular weight excluding hydrogens is 252 g/mol. The van der Waals surface area contributed by atoms with E-state index in [9.17, 15) is 9.90 Å². The van der Waals surface area contributed by atoms with Gasteiger partial charge in [0, 0.05) is 0 Å². The molecule has 0 aliphatic carbocycles. The molecule has 2 rings (SSSR count). The Bertz CT molecular complexity index is 663. The van der Waals surface area contributed by atoms with Gasteiger partial charge in [0.25, 0.3) is 5.91 Å². The van der Waals surface area contributed by atoms with Gasteiger partial charge in [0.2, 0.25) is 0 Å². The molecule has 0 saturated heterocycles. The first-order valence-corrected chi connectivity index (χ1v) is 6.26. The molecule has 0 unspecified atom stereocenters. The zero-order valence-electron chi connectivity index (χ0n) is 11.4. The molecule has 0 aliphatic rings. The Morgan fingerprint density at radius 3 is 2.70 bits per heavy atom. The van der Waals surface area contributed by atoms with Gasteiger partial charge in [-0.25, -0.2) is 5.43 Å². The Kier molecular flexibility index (Phi) is 4.15. The van der Waals surface area contributed by atoms with Crippen molar-refractivity contribution in [1.82, 2.24) is 5.43 Å². The number of aryl methyl sites for hydroxylation is 2. The number of phenols is 1. The third-order valence-electron chi connectivity index (χ3n) is 2.95. The molecule has 1 amide bonds. The van der Waals surface area contributed by atoms with E-state index in [1.807, 2.05) is 32.0 Å². The molecular formula is C16H16N2O2. The summed E-state index contributed by atoms with van der Waals surface area (Å²) in [7, 11) is 0. The molecule has 0 bridgehead atoms. The van der Waals surface area contributed by atoms with E-state index in [4.69, 9.17) is 0 Å². The molecule has 4 heteroatoms. The standard InChI is InChI=1S/C16H16N2O2/c1-11-7-8-12(2)13(9-11)10-17-18-16(20)14-5-3-4-6-15(14)19/h3-10,19H,1-2H3,(H,18,20)/b17-10-. The molecule has 0 aromatic heterocycles. The van der Waals surface area contributed by atoms with E-state index < -0.39 is 5.91 Å². The summed E-state index contributed by atoms with van der Waals surface area (Å²) in [5.74, 6) is -0.503. The second-order valence-electron chi connectivity index (χ2n) is 4.58. The van der Waals surface area contributed by atoms with Gasteiger partial charge in [0.05, 0.1) is 11.8 Å². The number of carbonyl (C=O) groups excluding carboxylic acids is 1. The average molecular weight is 268 g/mol. The summed E-state index contributed by atoms with van der Waals surface area (Å²) in [6.45, 7) is 3.98. The fourth-order valence-corrected chi connectivity index (χ4v) is 1.79. The second kappa shape index (κ2) is 6.02. The summed E-state index contributed by atoms with van der Waals surface area (Å²) in [5, 5.41) is 13.5. The minimum Gasteiger partial charge on any atom is -0.507 e. The Hall–Kier alpha value is -2.62. The first-order chi connectivity index (χ1) is 9.58. The van der Waals surface area contributed by atoms with Gasteiger partial charge in [-0.05, 0) is 37.1 Å². The minimum atomic E-state index is -0.440. The highest BCUT2D eigenvalue weighted by Crippen LogP contribution is 2.15. The quantitative estimate of drug-likeness (QED) is 0.664. The lowest BCUT2D eigenvalue weighted by Crippen LogP contribution is -2.17. The number of amides is 1. The van der Waals surface area contributed by atoms with Gasteiger partial charge in [-0.2, -0.15) is 5.10 Å². The van der Waals surface area contributed by atoms with E-state index in [0.717, 1.165) is 16.7 Å². The number of para-hydroxylation sites is 1. The van der Waals surface area contributed by atoms with Crippen LogP contribution in [0.4, 0.5) is 0 Å². The van der Waals surface area contributed by atoms with E-state index in [0.29, 0.717) is 0 Å². The Morgan fingerprint density at radius 2 is 1.95 bits per heavy atom. The molecule has 0 heterocycles. The Balaban J connectivity index is 2.09. The predicted octanol–water partition coefficient (Wildman–Crippen LogP) is 2.77. The van der Waals surface area contributed by atoms with Gasteiger partial charge in [-0.15, -0.1) is 0 Å². The van der Waals surface area contributed by atoms with Crippen molar-refractivity contribution in [2.24, 2.45) is 5.10 Å². The lowest BCUT2D eigenvalue weighted by molar-refractivity contribution is 0.0952. The largest absolute Gasteiger partial charge is 0.507 e. The van der Waals surface area contributed by atoms with Crippen LogP contribution in [0.3, 0.4) is 0 Å². The highest BCUT2D eigenvalue weighted by Gasteiger charge is 2.08. The Morgan fingerprint density at radius 1 is 1.20 bits per heavy atom. The van der Waals surface area contributed by atoms with Gasteiger partial charge in [0.1, 0.15) is 5.75 Å². The number of hydrogen-bond donors (Lipinski definition) is 2. The maximum Gasteiger partial charge on any atom is 0.275 e. The topological polar surface area (TPSA) is 61.7 Å². The number of benzene rings is 2. The minimum absolute atomic E-state index is 0.0630. The van der Waals surface area contributed by atoms with Crippen molar-refractivity contribution in [3.05, 3.63) is 64.7 Å². The lowest BCUT2D eigenvalue weighted by atomic mass is 10.1. The number of nitrogens with zero attached hydrogens (tertiary/aromatic N) is 1. The molecule has 0 radical (unpaired) electrons. The van der Waals surface area contributed by atoms with Gasteiger partial charge < -0.3 is 5.11 Å². The summed E-state index contributed by atoms with van der Waals surface area (Å²) >= 11 is 0. The number of hydrogen-bond acceptors (Lipinski definition) is 3. The molecule has 2 aromatic carbocycles. The van der Waals surface area contributed by atoms with E-state index in [1.165, 1.54) is 12.1 Å². The molecule has 0 aliphatic heterocycles. The maximum absolute atomic E-state index is 11.8. The van der Waals surface area contributed by atoms with Crippen molar-refractivity contribution in [1.29, 1.82) is 0 Å². The molecule has 0 atom stereocenters. The molecule has 2 aromatic rings. The number of phenolic OH excluding ortho intramolecular Hbond substituents is 1. The molecule has 2 N–H and O–H groups in total. The molecule has 0 fully saturated rings. The van der Waals surface area contributed by atoms with Crippen molar-refractivity contribution in [2.75, 3.05) is 0 Å². The highest BCUT2D eigenvalue weighted by atomic mass is 16.3. The summed E-state index contributed by atoms with van der Waals surface area (Å²) in [6, 6.07) is 12.4. The maximum atomic E-state index is 11.8. The SMILES string of the molecule is Cc1ccc(C)c(/C=N\NC(=O)c2ccccc2O)c1. The van der Waals surface area contributed by atoms with Crippen molar-refractivity contribution in [2.45, 2.75) is 13.8 Å². The van der Waals surface area contributed by atoms with Crippen molar-refractivity contribution < 1.29 is 9.90 Å². The summed E-state index contributed by atoms with van der Waals surface area (Å²) in [5.41, 5.74) is 5.76. The van der Waals surface area contributed by atoms with Crippen LogP contribution in [0.15, 0.2) is 47.6 Å². The van der Waals surface area contributed by atoms with Gasteiger partial charge >= 0.3 is 0 Å². The van der Waals surface area contributed by atoms with Gasteiger partial charge in [0.15, 0.2) is 0 Å². The van der Waals surface area contributed by atoms with Crippen LogP contribution in [0.5, 0.6) is 5.75 Å². The van der Waals surface area contributed by atoms with Crippen LogP contribution in [-0.2, 0) is 0 Å². The fraction of sp³-hybridized carbons (Fsp3) is 0.125. The summed E-state index contributed by atoms with van der Waals surface area (Å²) in [6.07, 6.45) is 1.60. The zero-order valence-corrected chi connectivity index (χ0v) is 11.4. The van der Waals surface area contributed by atoms with Crippen LogP contribution in [0.1, 0.15) is 27.0 Å². The monoisotopic (exact) mass is 268 g/mol. The third-order valence-corrected chi connectivity index (χ3v) is 2.95. The highest BCUT2D eigenvalue weighted by molar-refractivity contribution is 5.97. The normalized spacial score (nSPS) is 10.7. The van der Waals surface area contributed by atoms with E-state index in [1.54, 1.807) is 18.3 Å². The van der Waals surface area contributed by atoms with Crippen LogP contribution in [0, 0.1) is 13.8 Å². The Labute approximate surface area is 117 Å². The smallest absolute Gasteiger partial charge is 0.275 e. The molecule has 0 saturated carbocycles. The summed E-state index contributed by atoms with van der Waals surface area (Å²) in [4.78, 5) is 11.8. The van der Waals surface area contributed by atoms with E-state index in [-0.39, 0.29) is 11.3 Å². The predicted molar refractivity (Wildman–Crippen MR) is 79.1 cm³/mol. The van der Waals surface area contributed by atoms with Crippen LogP contribution in [0.2, 0.25) is 0 Å². The van der Waals surface area contributed by atoms with E-state index >= 15 is 0 Å². The summed E-state index contributed by atoms with van der Waals surface area (Å²) < 4.78 is 0. The average Bonchev–Trinajstić information content (AvgIpc) is 2.43. The number of carbonyl (C=O) groups is 1. The van der Waals surface area contributed by atoms with Crippen molar-refractivity contribution in [3.63, 3.8) is 0 Å². The third kappa shape index (κ3) is 3.23. The molecule has 102 valence electrons. The second-order valence-corrected chi connectivity index (χ2v) is 4.58. The van der Waals surface area contributed by atoms with Crippen molar-refractivity contribution in [3.8, 4) is 5.75 Å². The van der Waals surface area contributed by atoms with Gasteiger partial charge in [-0.1, -0.05) is 35.9 Å². The molecule has 0 spiro atoms. The number of rotatable bonds is 3. The number of hydrazone groups is 1. The fourth-order valence-electron chi connectivity index (χ4n) is 1.79. The molecule has 20 heavy (non-hydrogen) atoms. The first kappa shape index (κ1) is 13.8. The first-order valence-electron chi connectivity index (χ1n) is 6.26. The van der Waals surface area contributed by atoms with Crippen LogP contribution >= 0.6 is 0 Å². The van der Waals surface area contributed by atoms with Crippen LogP contribution < -0.4 is 5.43 Å². The van der Waals surface area contributed by atoms with Gasteiger partial charge in [-0.3, -0.25) is 4.79 Å². The zero-order chi connectivity index (χ0) is 14.5. The molecule has 4 nitrogen and oxygen atoms in total. The van der Waals surface area contributed by atoms with E-state index in [2.05, 4.69) is 10.5 Å². The van der Waals surface area contributed by atoms with Crippen molar-refractivity contribution >= 4 is 12.1 Å². The number of nitrogens with one attached hydrogen (secondary N) is 1. The lowest BCUT2D eigenvalue weighted by Gasteiger charge is -2.03. The number of aromatic hydroxyl groups is 1. The van der Waals surface area contributed by atoms with Crippen LogP contribution in [-0.4, -0.2) is 17.2 Å².